The maximum Gasteiger partial charge on any atom is 0.245 e. The SMILES string of the molecule is NC(=O)CNC(=O)C(CO)NC(=O)C(CO)NC(=O)CNC(=O)C(CO)NC(=O)C(CO)NC(=O)CNC(=O)C(CO)NC(=O)C(CO)NC(=O)CNC(=O)C(CO)NC(=O)C(CO)NC(=O)CNC(=O)C(CO)NC(=O)C(CO)NC(=O)CNC(=O)C(CO)NC(=O)C(CO)NI. The molecule has 0 aliphatic rings. The Bertz CT molecular complexity index is 2770. The Hall–Kier alpha value is -9.33. The third-order valence-electron chi connectivity index (χ3n) is 12.2. The van der Waals surface area contributed by atoms with E-state index >= 15 is 0 Å². The number of carbonyl (C=O) groups excluding carboxylic acids is 18. The smallest absolute Gasteiger partial charge is 0.245 e. The standard InChI is InChI=1S/C48H80IN19O30/c49-68-30(18-80)48(98)67-24(12-74)42(92)56-6-36(86)61-29(17-79)47(97)66-23(11-73)41(91)55-5-35(85)60-28(16-78)46(96)65-22(10-72)40(90)54-4-34(84)59-27(15-77)45(95)64-21(9-71)39(89)53-3-33(83)58-26(14-76)44(94)63-20(8-70)38(88)52-2-32(82)57-25(13-75)43(93)62-19(7-69)37(87)51-1-31(50)81/h19-30,68-80H,1-18H2,(H2,50,81)(H,51,87)(H,52,88)(H,53,89)(H,54,90)(H,55,91)(H,56,92)(H,57,82)(H,58,83)(H,59,84)(H,60,85)(H,61,86)(H,62,93)(H,63,94)(H,64,95)(H,65,96)(H,66,97)(H,67,98). The van der Waals surface area contributed by atoms with E-state index in [9.17, 15) is 148 Å². The van der Waals surface area contributed by atoms with Crippen molar-refractivity contribution >= 4 is 129 Å². The largest absolute Gasteiger partial charge is 0.394 e. The molecule has 0 bridgehead atoms. The molecule has 0 spiro atoms. The van der Waals surface area contributed by atoms with Crippen molar-refractivity contribution in [2.75, 3.05) is 119 Å². The number of aliphatic hydroxyl groups is 12. The minimum atomic E-state index is -1.93. The number of halogens is 1. The Morgan fingerprint density at radius 3 is 0.480 bits per heavy atom. The van der Waals surface area contributed by atoms with Crippen LogP contribution in [0.1, 0.15) is 0 Å². The molecule has 0 fully saturated rings. The predicted molar refractivity (Wildman–Crippen MR) is 324 cm³/mol. The summed E-state index contributed by atoms with van der Waals surface area (Å²) in [6.45, 7) is -18.7. The van der Waals surface area contributed by atoms with Gasteiger partial charge in [0.25, 0.3) is 0 Å². The normalized spacial score (nSPS) is 14.4. The quantitative estimate of drug-likeness (QED) is 0.0199. The van der Waals surface area contributed by atoms with Crippen molar-refractivity contribution in [2.45, 2.75) is 72.5 Å². The van der Waals surface area contributed by atoms with Gasteiger partial charge in [-0.05, 0) is 0 Å². The van der Waals surface area contributed by atoms with Gasteiger partial charge < -0.3 is 157 Å². The van der Waals surface area contributed by atoms with Crippen LogP contribution in [0.4, 0.5) is 0 Å². The minimum absolute atomic E-state index is 0.657. The fourth-order valence-corrected chi connectivity index (χ4v) is 7.39. The highest BCUT2D eigenvalue weighted by atomic mass is 127. The number of nitrogens with two attached hydrogens (primary N) is 1. The number of hydrogen-bond donors (Lipinski definition) is 31. The van der Waals surface area contributed by atoms with Gasteiger partial charge in [0.15, 0.2) is 0 Å². The monoisotopic (exact) mass is 1530 g/mol. The van der Waals surface area contributed by atoms with E-state index in [-0.39, 0.29) is 0 Å². The van der Waals surface area contributed by atoms with E-state index in [2.05, 4.69) is 14.2 Å². The van der Waals surface area contributed by atoms with Gasteiger partial charge in [-0.25, -0.2) is 3.53 Å². The maximum absolute atomic E-state index is 12.9. The molecule has 0 radical (unpaired) electrons. The second kappa shape index (κ2) is 48.4. The molecular weight excluding hydrogens is 1450 g/mol. The number of rotatable bonds is 48. The third kappa shape index (κ3) is 33.1. The molecule has 0 aliphatic heterocycles. The predicted octanol–water partition coefficient (Wildman–Crippen LogP) is -23.3. The van der Waals surface area contributed by atoms with Gasteiger partial charge in [-0.1, -0.05) is 0 Å². The first-order valence-corrected chi connectivity index (χ1v) is 29.3. The van der Waals surface area contributed by atoms with Crippen molar-refractivity contribution < 1.29 is 148 Å². The number of nitrogens with one attached hydrogen (secondary N) is 18. The summed E-state index contributed by atoms with van der Waals surface area (Å²) >= 11 is 1.55. The van der Waals surface area contributed by atoms with Crippen molar-refractivity contribution in [1.82, 2.24) is 93.9 Å². The summed E-state index contributed by atoms with van der Waals surface area (Å²) in [5, 5.41) is 150. The Balaban J connectivity index is 5.27. The van der Waals surface area contributed by atoms with E-state index in [4.69, 9.17) is 5.73 Å². The van der Waals surface area contributed by atoms with Gasteiger partial charge in [0.2, 0.25) is 106 Å². The molecule has 0 rings (SSSR count). The molecule has 32 N–H and O–H groups in total. The Kier molecular flexibility index (Phi) is 43.8. The van der Waals surface area contributed by atoms with Crippen LogP contribution in [0.3, 0.4) is 0 Å². The van der Waals surface area contributed by atoms with Crippen LogP contribution in [-0.2, 0) is 86.3 Å². The van der Waals surface area contributed by atoms with E-state index < -0.39 is 297 Å². The molecule has 0 aliphatic carbocycles. The van der Waals surface area contributed by atoms with Gasteiger partial charge >= 0.3 is 0 Å². The van der Waals surface area contributed by atoms with Crippen molar-refractivity contribution in [1.29, 1.82) is 0 Å². The van der Waals surface area contributed by atoms with Gasteiger partial charge in [-0.3, -0.25) is 86.3 Å². The molecule has 98 heavy (non-hydrogen) atoms. The summed E-state index contributed by atoms with van der Waals surface area (Å²) in [5.41, 5.74) is 4.91. The average molecular weight is 1530 g/mol. The van der Waals surface area contributed by atoms with E-state index in [0.29, 0.717) is 0 Å². The number of amides is 18. The third-order valence-corrected chi connectivity index (χ3v) is 13.0. The summed E-state index contributed by atoms with van der Waals surface area (Å²) in [6.07, 6.45) is 0. The molecule has 0 aromatic carbocycles. The topological polar surface area (TPSA) is 793 Å². The summed E-state index contributed by atoms with van der Waals surface area (Å²) in [6, 6.07) is -21.4. The van der Waals surface area contributed by atoms with Crippen LogP contribution in [0.2, 0.25) is 0 Å². The molecule has 0 heterocycles. The first kappa shape index (κ1) is 88.7. The molecule has 0 saturated carbocycles. The molecule has 12 unspecified atom stereocenters. The Morgan fingerprint density at radius 1 is 0.214 bits per heavy atom. The van der Waals surface area contributed by atoms with Crippen molar-refractivity contribution in [3.63, 3.8) is 0 Å². The lowest BCUT2D eigenvalue weighted by Crippen LogP contribution is -2.59. The molecule has 0 saturated heterocycles. The molecule has 50 heteroatoms. The van der Waals surface area contributed by atoms with Gasteiger partial charge in [0.05, 0.1) is 119 Å². The summed E-state index contributed by atoms with van der Waals surface area (Å²) < 4.78 is 2.41. The van der Waals surface area contributed by atoms with Gasteiger partial charge in [-0.2, -0.15) is 0 Å². The molecule has 0 aromatic heterocycles. The first-order valence-electron chi connectivity index (χ1n) is 28.3. The summed E-state index contributed by atoms with van der Waals surface area (Å²) in [5.74, 6) is -21.6. The molecule has 554 valence electrons. The zero-order valence-corrected chi connectivity index (χ0v) is 53.5. The molecular formula is C48H80IN19O30. The maximum atomic E-state index is 12.9. The minimum Gasteiger partial charge on any atom is -0.394 e. The second-order valence-electron chi connectivity index (χ2n) is 19.6. The molecule has 49 nitrogen and oxygen atoms in total. The van der Waals surface area contributed by atoms with Crippen LogP contribution in [-0.4, -0.2) is 359 Å². The van der Waals surface area contributed by atoms with E-state index in [1.807, 2.05) is 79.8 Å². The van der Waals surface area contributed by atoms with Crippen molar-refractivity contribution in [3.8, 4) is 0 Å². The number of aliphatic hydroxyl groups excluding tert-OH is 12. The summed E-state index contributed by atoms with van der Waals surface area (Å²) in [4.78, 5) is 225. The van der Waals surface area contributed by atoms with Crippen LogP contribution in [0, 0.1) is 0 Å². The Labute approximate surface area is 565 Å². The van der Waals surface area contributed by atoms with Crippen LogP contribution in [0.25, 0.3) is 0 Å². The molecule has 0 aromatic rings. The zero-order chi connectivity index (χ0) is 74.8. The zero-order valence-electron chi connectivity index (χ0n) is 51.3. The fraction of sp³-hybridized carbons (Fsp3) is 0.625. The highest BCUT2D eigenvalue weighted by Crippen LogP contribution is 1.98. The molecule has 12 atom stereocenters. The Morgan fingerprint density at radius 2 is 0.347 bits per heavy atom. The summed E-state index contributed by atoms with van der Waals surface area (Å²) in [7, 11) is 0. The van der Waals surface area contributed by atoms with Crippen LogP contribution < -0.4 is 99.6 Å². The first-order chi connectivity index (χ1) is 46.3. The average Bonchev–Trinajstić information content (AvgIpc) is 1.02. The highest BCUT2D eigenvalue weighted by Gasteiger charge is 2.34. The number of primary amides is 1. The van der Waals surface area contributed by atoms with Gasteiger partial charge in [0, 0.05) is 22.9 Å². The van der Waals surface area contributed by atoms with Crippen LogP contribution in [0.15, 0.2) is 0 Å². The van der Waals surface area contributed by atoms with Crippen LogP contribution >= 0.6 is 22.9 Å². The van der Waals surface area contributed by atoms with Crippen molar-refractivity contribution in [3.05, 3.63) is 0 Å². The number of hydrogen-bond acceptors (Lipinski definition) is 31. The van der Waals surface area contributed by atoms with Gasteiger partial charge in [-0.15, -0.1) is 0 Å². The fourth-order valence-electron chi connectivity index (χ4n) is 6.91. The number of carbonyl (C=O) groups is 18. The highest BCUT2D eigenvalue weighted by molar-refractivity contribution is 14.1. The lowest BCUT2D eigenvalue weighted by atomic mass is 10.2. The van der Waals surface area contributed by atoms with Crippen molar-refractivity contribution in [2.24, 2.45) is 5.73 Å². The van der Waals surface area contributed by atoms with E-state index in [0.717, 1.165) is 0 Å². The van der Waals surface area contributed by atoms with E-state index in [1.54, 1.807) is 22.9 Å². The lowest BCUT2D eigenvalue weighted by Gasteiger charge is -2.23. The molecule has 18 amide bonds. The van der Waals surface area contributed by atoms with E-state index in [1.165, 1.54) is 0 Å². The second-order valence-corrected chi connectivity index (χ2v) is 20.2. The lowest BCUT2D eigenvalue weighted by molar-refractivity contribution is -0.135. The van der Waals surface area contributed by atoms with Crippen LogP contribution in [0.5, 0.6) is 0 Å². The van der Waals surface area contributed by atoms with Gasteiger partial charge in [0.1, 0.15) is 72.5 Å².